The van der Waals surface area contributed by atoms with Gasteiger partial charge in [0.05, 0.1) is 5.60 Å². The van der Waals surface area contributed by atoms with Crippen LogP contribution < -0.4 is 0 Å². The van der Waals surface area contributed by atoms with Crippen LogP contribution in [0.1, 0.15) is 65.9 Å². The van der Waals surface area contributed by atoms with Gasteiger partial charge in [-0.25, -0.2) is 0 Å². The molecule has 0 saturated heterocycles. The first-order valence-electron chi connectivity index (χ1n) is 12.2. The molecule has 1 amide bonds. The van der Waals surface area contributed by atoms with Gasteiger partial charge in [0.25, 0.3) is 0 Å². The molecule has 1 N–H and O–H groups in total. The van der Waals surface area contributed by atoms with Gasteiger partial charge in [-0.05, 0) is 54.7 Å². The Kier molecular flexibility index (Phi) is 8.28. The van der Waals surface area contributed by atoms with Crippen molar-refractivity contribution in [1.29, 1.82) is 0 Å². The van der Waals surface area contributed by atoms with Crippen LogP contribution >= 0.6 is 11.6 Å². The number of fused-ring (bicyclic) bond motifs is 1. The molecule has 3 rings (SSSR count). The van der Waals surface area contributed by atoms with E-state index in [0.29, 0.717) is 31.0 Å². The third-order valence-corrected chi connectivity index (χ3v) is 8.18. The van der Waals surface area contributed by atoms with Gasteiger partial charge in [-0.3, -0.25) is 9.59 Å². The van der Waals surface area contributed by atoms with E-state index in [2.05, 4.69) is 19.9 Å². The van der Waals surface area contributed by atoms with E-state index in [1.54, 1.807) is 0 Å². The molecule has 0 aromatic heterocycles. The second kappa shape index (κ2) is 10.6. The molecule has 1 aromatic carbocycles. The SMILES string of the molecule is CCC(=O)N(Cc1ccccc1Cl)CC(C)[C@@H]1CC[C@@H](C)[C@]2(O)C[C@@H](OC(C)=O)C(C)=C[C@H]12. The van der Waals surface area contributed by atoms with Crippen molar-refractivity contribution >= 4 is 23.5 Å². The Morgan fingerprint density at radius 3 is 2.64 bits per heavy atom. The maximum absolute atomic E-state index is 12.8. The summed E-state index contributed by atoms with van der Waals surface area (Å²) in [4.78, 5) is 26.3. The molecule has 0 spiro atoms. The molecule has 0 radical (unpaired) electrons. The van der Waals surface area contributed by atoms with E-state index >= 15 is 0 Å². The van der Waals surface area contributed by atoms with E-state index in [1.807, 2.05) is 43.0 Å². The summed E-state index contributed by atoms with van der Waals surface area (Å²) in [5, 5.41) is 12.5. The van der Waals surface area contributed by atoms with Crippen molar-refractivity contribution in [2.24, 2.45) is 23.7 Å². The van der Waals surface area contributed by atoms with Crippen LogP contribution in [-0.2, 0) is 20.9 Å². The van der Waals surface area contributed by atoms with Crippen molar-refractivity contribution in [3.8, 4) is 0 Å². The maximum Gasteiger partial charge on any atom is 0.303 e. The summed E-state index contributed by atoms with van der Waals surface area (Å²) < 4.78 is 5.52. The molecule has 182 valence electrons. The topological polar surface area (TPSA) is 66.8 Å². The summed E-state index contributed by atoms with van der Waals surface area (Å²) >= 11 is 6.38. The number of ether oxygens (including phenoxy) is 1. The van der Waals surface area contributed by atoms with E-state index in [-0.39, 0.29) is 41.7 Å². The first kappa shape index (κ1) is 25.8. The van der Waals surface area contributed by atoms with Crippen LogP contribution in [0.25, 0.3) is 0 Å². The van der Waals surface area contributed by atoms with Gasteiger partial charge in [0, 0.05) is 43.8 Å². The number of esters is 1. The zero-order valence-corrected chi connectivity index (χ0v) is 21.3. The van der Waals surface area contributed by atoms with Crippen LogP contribution in [0.2, 0.25) is 5.02 Å². The molecule has 2 aliphatic carbocycles. The Balaban J connectivity index is 1.83. The lowest BCUT2D eigenvalue weighted by atomic mass is 9.57. The van der Waals surface area contributed by atoms with Gasteiger partial charge in [-0.15, -0.1) is 0 Å². The molecule has 1 unspecified atom stereocenters. The quantitative estimate of drug-likeness (QED) is 0.424. The molecular weight excluding hydrogens is 438 g/mol. The first-order valence-corrected chi connectivity index (χ1v) is 12.5. The van der Waals surface area contributed by atoms with Gasteiger partial charge in [0.15, 0.2) is 0 Å². The Morgan fingerprint density at radius 2 is 2.00 bits per heavy atom. The van der Waals surface area contributed by atoms with Gasteiger partial charge in [0.1, 0.15) is 6.10 Å². The predicted octanol–water partition coefficient (Wildman–Crippen LogP) is 5.39. The number of nitrogens with zero attached hydrogens (tertiary/aromatic N) is 1. The standard InChI is InChI=1S/C27H38ClNO4/c1-6-26(31)29(16-21-9-7-8-10-24(21)28)15-18(3)22-12-11-19(4)27(32)14-25(33-20(5)30)17(2)13-23(22)27/h7-10,13,18-19,22-23,25,32H,6,11-12,14-16H2,1-5H3/t18?,19-,22+,23-,25-,27-/m1/s1. The van der Waals surface area contributed by atoms with Gasteiger partial charge in [-0.2, -0.15) is 0 Å². The number of rotatable bonds is 7. The number of benzene rings is 1. The minimum absolute atomic E-state index is 0.0260. The van der Waals surface area contributed by atoms with Crippen molar-refractivity contribution in [2.45, 2.75) is 78.6 Å². The van der Waals surface area contributed by atoms with Crippen LogP contribution in [0.5, 0.6) is 0 Å². The molecule has 5 nitrogen and oxygen atoms in total. The molecule has 6 atom stereocenters. The third-order valence-electron chi connectivity index (χ3n) is 7.81. The van der Waals surface area contributed by atoms with Crippen LogP contribution in [0.4, 0.5) is 0 Å². The highest BCUT2D eigenvalue weighted by Crippen LogP contribution is 2.51. The van der Waals surface area contributed by atoms with Crippen molar-refractivity contribution < 1.29 is 19.4 Å². The fourth-order valence-corrected chi connectivity index (χ4v) is 5.99. The van der Waals surface area contributed by atoms with E-state index < -0.39 is 5.60 Å². The summed E-state index contributed by atoms with van der Waals surface area (Å²) in [7, 11) is 0. The summed E-state index contributed by atoms with van der Waals surface area (Å²) in [6, 6.07) is 7.65. The average Bonchev–Trinajstić information content (AvgIpc) is 2.76. The molecule has 1 fully saturated rings. The van der Waals surface area contributed by atoms with Gasteiger partial charge >= 0.3 is 5.97 Å². The molecule has 33 heavy (non-hydrogen) atoms. The molecule has 0 bridgehead atoms. The Morgan fingerprint density at radius 1 is 1.30 bits per heavy atom. The van der Waals surface area contributed by atoms with Crippen LogP contribution in [0.15, 0.2) is 35.9 Å². The van der Waals surface area contributed by atoms with E-state index in [4.69, 9.17) is 16.3 Å². The number of hydrogen-bond acceptors (Lipinski definition) is 4. The van der Waals surface area contributed by atoms with E-state index in [9.17, 15) is 14.7 Å². The largest absolute Gasteiger partial charge is 0.458 e. The highest BCUT2D eigenvalue weighted by atomic mass is 35.5. The predicted molar refractivity (Wildman–Crippen MR) is 131 cm³/mol. The molecular formula is C27H38ClNO4. The number of amides is 1. The lowest BCUT2D eigenvalue weighted by molar-refractivity contribution is -0.159. The molecule has 0 heterocycles. The van der Waals surface area contributed by atoms with Gasteiger partial charge in [-0.1, -0.05) is 56.6 Å². The zero-order chi connectivity index (χ0) is 24.3. The second-order valence-corrected chi connectivity index (χ2v) is 10.5. The van der Waals surface area contributed by atoms with Crippen LogP contribution in [0.3, 0.4) is 0 Å². The number of carbonyl (C=O) groups is 2. The smallest absolute Gasteiger partial charge is 0.303 e. The zero-order valence-electron chi connectivity index (χ0n) is 20.5. The summed E-state index contributed by atoms with van der Waals surface area (Å²) in [5.74, 6) is 0.300. The number of aliphatic hydroxyl groups is 1. The van der Waals surface area contributed by atoms with Crippen molar-refractivity contribution in [1.82, 2.24) is 4.90 Å². The van der Waals surface area contributed by atoms with Crippen molar-refractivity contribution in [2.75, 3.05) is 6.54 Å². The highest BCUT2D eigenvalue weighted by Gasteiger charge is 2.52. The fraction of sp³-hybridized carbons (Fsp3) is 0.630. The minimum Gasteiger partial charge on any atom is -0.458 e. The maximum atomic E-state index is 12.8. The molecule has 1 aromatic rings. The summed E-state index contributed by atoms with van der Waals surface area (Å²) in [6.07, 6.45) is 4.54. The lowest BCUT2D eigenvalue weighted by Gasteiger charge is -2.53. The van der Waals surface area contributed by atoms with Gasteiger partial charge < -0.3 is 14.7 Å². The normalized spacial score (nSPS) is 30.1. The minimum atomic E-state index is -0.918. The number of halogens is 1. The Bertz CT molecular complexity index is 900. The van der Waals surface area contributed by atoms with Crippen LogP contribution in [0, 0.1) is 23.7 Å². The van der Waals surface area contributed by atoms with Crippen molar-refractivity contribution in [3.63, 3.8) is 0 Å². The van der Waals surface area contributed by atoms with Crippen LogP contribution in [-0.4, -0.2) is 40.1 Å². The third kappa shape index (κ3) is 5.63. The van der Waals surface area contributed by atoms with Crippen molar-refractivity contribution in [3.05, 3.63) is 46.5 Å². The summed E-state index contributed by atoms with van der Waals surface area (Å²) in [6.45, 7) is 10.7. The Hall–Kier alpha value is -1.85. The monoisotopic (exact) mass is 475 g/mol. The number of hydrogen-bond donors (Lipinski definition) is 1. The molecule has 6 heteroatoms. The highest BCUT2D eigenvalue weighted by molar-refractivity contribution is 6.31. The fourth-order valence-electron chi connectivity index (χ4n) is 5.79. The molecule has 2 aliphatic rings. The number of carbonyl (C=O) groups excluding carboxylic acids is 2. The second-order valence-electron chi connectivity index (χ2n) is 10.1. The van der Waals surface area contributed by atoms with E-state index in [1.165, 1.54) is 6.92 Å². The van der Waals surface area contributed by atoms with Gasteiger partial charge in [0.2, 0.25) is 5.91 Å². The Labute approximate surface area is 203 Å². The summed E-state index contributed by atoms with van der Waals surface area (Å²) in [5.41, 5.74) is 1.03. The molecule has 1 saturated carbocycles. The first-order chi connectivity index (χ1) is 15.6. The lowest BCUT2D eigenvalue weighted by Crippen LogP contribution is -2.56. The molecule has 0 aliphatic heterocycles. The van der Waals surface area contributed by atoms with E-state index in [0.717, 1.165) is 24.0 Å². The average molecular weight is 476 g/mol.